The summed E-state index contributed by atoms with van der Waals surface area (Å²) >= 11 is 0. The number of phenols is 2. The number of carbonyl (C=O) groups is 2. The number of ketones is 2. The Bertz CT molecular complexity index is 765. The van der Waals surface area contributed by atoms with Crippen LogP contribution >= 0.6 is 0 Å². The van der Waals surface area contributed by atoms with Crippen LogP contribution < -0.4 is 0 Å². The molecule has 0 saturated carbocycles. The highest BCUT2D eigenvalue weighted by Gasteiger charge is 2.43. The van der Waals surface area contributed by atoms with Gasteiger partial charge in [-0.05, 0) is 24.3 Å². The third kappa shape index (κ3) is 3.66. The Balaban J connectivity index is 0.000000187. The van der Waals surface area contributed by atoms with Crippen LogP contribution in [0.2, 0.25) is 0 Å². The Hall–Kier alpha value is -2.96. The largest absolute Gasteiger partial charge is 0.508 e. The van der Waals surface area contributed by atoms with Gasteiger partial charge in [-0.15, -0.1) is 0 Å². The van der Waals surface area contributed by atoms with Crippen LogP contribution in [0.3, 0.4) is 0 Å². The van der Waals surface area contributed by atoms with Crippen LogP contribution in [0.1, 0.15) is 7.43 Å². The van der Waals surface area contributed by atoms with Crippen molar-refractivity contribution in [2.45, 2.75) is 7.43 Å². The molecule has 0 amide bonds. The van der Waals surface area contributed by atoms with Crippen LogP contribution in [-0.4, -0.2) is 75.7 Å². The molecule has 1 aromatic rings. The van der Waals surface area contributed by atoms with Gasteiger partial charge in [-0.3, -0.25) is 9.59 Å². The van der Waals surface area contributed by atoms with E-state index in [9.17, 15) is 9.59 Å². The Morgan fingerprint density at radius 3 is 1.54 bits per heavy atom. The number of aromatic hydroxyl groups is 2. The molecule has 3 heterocycles. The third-order valence-corrected chi connectivity index (χ3v) is 4.34. The first kappa shape index (κ1) is 17.8. The van der Waals surface area contributed by atoms with Gasteiger partial charge < -0.3 is 24.9 Å². The zero-order valence-electron chi connectivity index (χ0n) is 13.7. The number of hydrogen-bond acceptors (Lipinski definition) is 7. The maximum atomic E-state index is 12.4. The first-order valence-corrected chi connectivity index (χ1v) is 8.32. The Morgan fingerprint density at radius 1 is 0.692 bits per heavy atom. The van der Waals surface area contributed by atoms with Crippen molar-refractivity contribution < 1.29 is 19.8 Å². The lowest BCUT2D eigenvalue weighted by Crippen LogP contribution is -2.29. The van der Waals surface area contributed by atoms with Crippen molar-refractivity contribution in [2.24, 2.45) is 0 Å². The molecule has 7 nitrogen and oxygen atoms in total. The Labute approximate surface area is 152 Å². The van der Waals surface area contributed by atoms with Crippen LogP contribution in [0.4, 0.5) is 0 Å². The smallest absolute Gasteiger partial charge is 0.227 e. The number of allylic oxidation sites excluding steroid dienone is 1. The number of rotatable bonds is 3. The average molecular weight is 357 g/mol. The molecule has 26 heavy (non-hydrogen) atoms. The number of hydrogen-bond donors (Lipinski definition) is 2. The fourth-order valence-electron chi connectivity index (χ4n) is 2.73. The van der Waals surface area contributed by atoms with Gasteiger partial charge >= 0.3 is 0 Å². The SMILES string of the molecule is C.O=C1C=C(N2CC2)C(=O)C(N2CC2)=C1N1CC1.Oc1ccc(O)cc1. The van der Waals surface area contributed by atoms with Crippen LogP contribution in [0, 0.1) is 0 Å². The highest BCUT2D eigenvalue weighted by atomic mass is 16.3. The molecule has 7 heteroatoms. The predicted octanol–water partition coefficient (Wildman–Crippen LogP) is 0.914. The Morgan fingerprint density at radius 2 is 1.12 bits per heavy atom. The van der Waals surface area contributed by atoms with Gasteiger partial charge in [0.05, 0.1) is 5.70 Å². The predicted molar refractivity (Wildman–Crippen MR) is 96.3 cm³/mol. The summed E-state index contributed by atoms with van der Waals surface area (Å²) < 4.78 is 0. The molecule has 1 aromatic carbocycles. The zero-order valence-corrected chi connectivity index (χ0v) is 13.7. The molecule has 4 aliphatic rings. The van der Waals surface area contributed by atoms with Gasteiger partial charge in [0, 0.05) is 45.3 Å². The van der Waals surface area contributed by atoms with Crippen molar-refractivity contribution in [1.82, 2.24) is 14.7 Å². The van der Waals surface area contributed by atoms with Crippen molar-refractivity contribution in [3.05, 3.63) is 47.4 Å². The fourth-order valence-corrected chi connectivity index (χ4v) is 2.73. The van der Waals surface area contributed by atoms with Crippen molar-refractivity contribution in [3.63, 3.8) is 0 Å². The van der Waals surface area contributed by atoms with Gasteiger partial charge in [0.15, 0.2) is 0 Å². The number of nitrogens with zero attached hydrogens (tertiary/aromatic N) is 3. The molecule has 0 atom stereocenters. The normalized spacial score (nSPS) is 20.2. The van der Waals surface area contributed by atoms with E-state index in [1.165, 1.54) is 30.3 Å². The second kappa shape index (κ2) is 6.74. The lowest BCUT2D eigenvalue weighted by atomic mass is 10.0. The molecule has 0 spiro atoms. The molecule has 0 aromatic heterocycles. The van der Waals surface area contributed by atoms with E-state index >= 15 is 0 Å². The molecule has 2 N–H and O–H groups in total. The summed E-state index contributed by atoms with van der Waals surface area (Å²) in [4.78, 5) is 30.5. The van der Waals surface area contributed by atoms with Gasteiger partial charge in [0.2, 0.25) is 11.6 Å². The van der Waals surface area contributed by atoms with E-state index in [0.29, 0.717) is 17.1 Å². The lowest BCUT2D eigenvalue weighted by Gasteiger charge is -2.21. The van der Waals surface area contributed by atoms with Crippen molar-refractivity contribution in [1.29, 1.82) is 0 Å². The minimum atomic E-state index is 0. The van der Waals surface area contributed by atoms with E-state index in [0.717, 1.165) is 39.3 Å². The van der Waals surface area contributed by atoms with E-state index in [4.69, 9.17) is 10.2 Å². The van der Waals surface area contributed by atoms with Crippen LogP contribution in [0.5, 0.6) is 11.5 Å². The van der Waals surface area contributed by atoms with E-state index in [-0.39, 0.29) is 30.5 Å². The summed E-state index contributed by atoms with van der Waals surface area (Å²) in [5.74, 6) is 0.387. The van der Waals surface area contributed by atoms with Crippen LogP contribution in [0.25, 0.3) is 0 Å². The molecular weight excluding hydrogens is 334 g/mol. The number of benzene rings is 1. The first-order valence-electron chi connectivity index (χ1n) is 8.32. The minimum Gasteiger partial charge on any atom is -0.508 e. The lowest BCUT2D eigenvalue weighted by molar-refractivity contribution is -0.117. The van der Waals surface area contributed by atoms with Gasteiger partial charge in [0.1, 0.15) is 22.9 Å². The second-order valence-electron chi connectivity index (χ2n) is 6.40. The van der Waals surface area contributed by atoms with Gasteiger partial charge in [-0.25, -0.2) is 0 Å². The standard InChI is InChI=1S/C12H13N3O2.C6H6O2.CH4/c16-9-7-8(13-1-2-13)12(17)11(15-5-6-15)10(9)14-3-4-14;7-5-1-2-6(8)4-3-5;/h7H,1-6H2;1-4,7-8H;1H4. The van der Waals surface area contributed by atoms with Crippen LogP contribution in [0.15, 0.2) is 47.4 Å². The summed E-state index contributed by atoms with van der Waals surface area (Å²) in [6, 6.07) is 5.70. The highest BCUT2D eigenvalue weighted by molar-refractivity contribution is 6.22. The quantitative estimate of drug-likeness (QED) is 0.473. The molecule has 138 valence electrons. The maximum Gasteiger partial charge on any atom is 0.227 e. The van der Waals surface area contributed by atoms with Crippen molar-refractivity contribution in [2.75, 3.05) is 39.3 Å². The summed E-state index contributed by atoms with van der Waals surface area (Å²) in [7, 11) is 0. The second-order valence-corrected chi connectivity index (χ2v) is 6.40. The molecule has 1 aliphatic carbocycles. The van der Waals surface area contributed by atoms with Gasteiger partial charge in [0.25, 0.3) is 0 Å². The van der Waals surface area contributed by atoms with Crippen LogP contribution in [-0.2, 0) is 9.59 Å². The Kier molecular flexibility index (Phi) is 4.63. The monoisotopic (exact) mass is 357 g/mol. The highest BCUT2D eigenvalue weighted by Crippen LogP contribution is 2.33. The summed E-state index contributed by atoms with van der Waals surface area (Å²) in [6.45, 7) is 5.41. The minimum absolute atomic E-state index is 0. The summed E-state index contributed by atoms with van der Waals surface area (Å²) in [6.07, 6.45) is 1.52. The molecule has 0 bridgehead atoms. The molecule has 3 fully saturated rings. The molecule has 3 saturated heterocycles. The number of phenolic OH excluding ortho intramolecular Hbond substituents is 2. The molecular formula is C19H23N3O4. The fraction of sp³-hybridized carbons (Fsp3) is 0.368. The van der Waals surface area contributed by atoms with E-state index in [1.807, 2.05) is 14.7 Å². The topological polar surface area (TPSA) is 83.6 Å². The molecule has 0 radical (unpaired) electrons. The summed E-state index contributed by atoms with van der Waals surface area (Å²) in [5.41, 5.74) is 1.89. The average Bonchev–Trinajstić information content (AvgIpc) is 3.45. The van der Waals surface area contributed by atoms with E-state index in [2.05, 4.69) is 0 Å². The van der Waals surface area contributed by atoms with Gasteiger partial charge in [-0.2, -0.15) is 0 Å². The maximum absolute atomic E-state index is 12.4. The first-order chi connectivity index (χ1) is 12.0. The molecule has 0 unspecified atom stereocenters. The van der Waals surface area contributed by atoms with E-state index < -0.39 is 0 Å². The zero-order chi connectivity index (χ0) is 17.6. The van der Waals surface area contributed by atoms with Crippen molar-refractivity contribution >= 4 is 11.6 Å². The number of Topliss-reactive ketones (excluding diaryl/α,β-unsaturated/α-hetero) is 1. The van der Waals surface area contributed by atoms with Gasteiger partial charge in [-0.1, -0.05) is 7.43 Å². The van der Waals surface area contributed by atoms with E-state index in [1.54, 1.807) is 0 Å². The molecule has 3 aliphatic heterocycles. The molecule has 5 rings (SSSR count). The summed E-state index contributed by atoms with van der Waals surface area (Å²) in [5, 5.41) is 17.3. The van der Waals surface area contributed by atoms with Crippen molar-refractivity contribution in [3.8, 4) is 11.5 Å². The third-order valence-electron chi connectivity index (χ3n) is 4.34. The number of carbonyl (C=O) groups excluding carboxylic acids is 2.